The zero-order valence-corrected chi connectivity index (χ0v) is 22.2. The van der Waals surface area contributed by atoms with Crippen LogP contribution in [0.2, 0.25) is 0 Å². The fourth-order valence-corrected chi connectivity index (χ4v) is 8.66. The Balaban J connectivity index is 1.02. The molecule has 1 N–H and O–H groups in total. The molecule has 0 spiro atoms. The molecule has 7 nitrogen and oxygen atoms in total. The van der Waals surface area contributed by atoms with Crippen LogP contribution in [0.5, 0.6) is 0 Å². The Morgan fingerprint density at radius 1 is 1.14 bits per heavy atom. The summed E-state index contributed by atoms with van der Waals surface area (Å²) in [6.07, 6.45) is 13.2. The molecule has 0 radical (unpaired) electrons. The van der Waals surface area contributed by atoms with E-state index in [-0.39, 0.29) is 23.2 Å². The molecule has 2 heterocycles. The number of hydrogen-bond donors (Lipinski definition) is 1. The average Bonchev–Trinajstić information content (AvgIpc) is 3.27. The average molecular weight is 511 g/mol. The summed E-state index contributed by atoms with van der Waals surface area (Å²) >= 11 is 0. The predicted octanol–water partition coefficient (Wildman–Crippen LogP) is 4.72. The Labute approximate surface area is 220 Å². The number of nitrogens with one attached hydrogen (secondary N) is 1. The minimum Gasteiger partial charge on any atom is -0.446 e. The number of alkyl carbamates (subject to hydrolysis) is 1. The highest BCUT2D eigenvalue weighted by Gasteiger charge is 2.54. The van der Waals surface area contributed by atoms with Gasteiger partial charge >= 0.3 is 11.7 Å². The first-order valence-corrected chi connectivity index (χ1v) is 14.5. The molecule has 7 heteroatoms. The van der Waals surface area contributed by atoms with Crippen LogP contribution in [-0.4, -0.2) is 56.5 Å². The van der Waals surface area contributed by atoms with Crippen LogP contribution in [-0.2, 0) is 9.47 Å². The van der Waals surface area contributed by atoms with E-state index in [2.05, 4.69) is 23.2 Å². The lowest BCUT2D eigenvalue weighted by atomic mass is 9.51. The third-order valence-corrected chi connectivity index (χ3v) is 10.5. The molecule has 202 valence electrons. The summed E-state index contributed by atoms with van der Waals surface area (Å²) < 4.78 is 16.5. The Kier molecular flexibility index (Phi) is 7.19. The molecule has 6 rings (SSSR count). The third-order valence-electron chi connectivity index (χ3n) is 10.5. The SMILES string of the molecule is CC12CCC3C(CCC4CC(OC(=O)NCCN5CCOCC5)CCC43)C1=CCC2c1ccc(=O)oc1. The highest BCUT2D eigenvalue weighted by atomic mass is 16.6. The summed E-state index contributed by atoms with van der Waals surface area (Å²) in [6, 6.07) is 3.54. The molecular formula is C30H42N2O5. The van der Waals surface area contributed by atoms with Gasteiger partial charge in [0.1, 0.15) is 6.10 Å². The van der Waals surface area contributed by atoms with E-state index in [1.165, 1.54) is 37.7 Å². The number of nitrogens with zero attached hydrogens (tertiary/aromatic N) is 1. The van der Waals surface area contributed by atoms with Crippen molar-refractivity contribution in [2.24, 2.45) is 29.1 Å². The van der Waals surface area contributed by atoms with Crippen molar-refractivity contribution < 1.29 is 18.7 Å². The van der Waals surface area contributed by atoms with E-state index in [0.29, 0.717) is 24.3 Å². The topological polar surface area (TPSA) is 81.0 Å². The van der Waals surface area contributed by atoms with Crippen LogP contribution in [0.25, 0.3) is 0 Å². The van der Waals surface area contributed by atoms with Crippen molar-refractivity contribution in [1.82, 2.24) is 10.2 Å². The van der Waals surface area contributed by atoms with Crippen molar-refractivity contribution >= 4 is 6.09 Å². The monoisotopic (exact) mass is 510 g/mol. The van der Waals surface area contributed by atoms with Crippen molar-refractivity contribution in [3.8, 4) is 0 Å². The van der Waals surface area contributed by atoms with Crippen LogP contribution in [0, 0.1) is 29.1 Å². The molecule has 7 unspecified atom stereocenters. The first-order valence-electron chi connectivity index (χ1n) is 14.5. The van der Waals surface area contributed by atoms with Crippen molar-refractivity contribution in [1.29, 1.82) is 0 Å². The van der Waals surface area contributed by atoms with E-state index in [9.17, 15) is 9.59 Å². The number of carbonyl (C=O) groups is 1. The Bertz CT molecular complexity index is 1040. The lowest BCUT2D eigenvalue weighted by Gasteiger charge is -2.54. The largest absolute Gasteiger partial charge is 0.446 e. The Hall–Kier alpha value is -2.12. The zero-order chi connectivity index (χ0) is 25.4. The molecule has 1 aromatic heterocycles. The number of hydrogen-bond acceptors (Lipinski definition) is 6. The number of rotatable bonds is 5. The molecule has 5 aliphatic rings. The summed E-state index contributed by atoms with van der Waals surface area (Å²) in [5, 5.41) is 2.97. The van der Waals surface area contributed by atoms with Crippen LogP contribution in [0.15, 0.2) is 39.3 Å². The van der Waals surface area contributed by atoms with E-state index >= 15 is 0 Å². The molecule has 1 amide bonds. The number of ether oxygens (including phenoxy) is 2. The summed E-state index contributed by atoms with van der Waals surface area (Å²) in [6.45, 7) is 7.36. The van der Waals surface area contributed by atoms with Crippen molar-refractivity contribution in [3.63, 3.8) is 0 Å². The predicted molar refractivity (Wildman–Crippen MR) is 140 cm³/mol. The van der Waals surface area contributed by atoms with Gasteiger partial charge < -0.3 is 19.2 Å². The lowest BCUT2D eigenvalue weighted by Crippen LogP contribution is -2.46. The minimum absolute atomic E-state index is 0.0536. The molecule has 1 aromatic rings. The lowest BCUT2D eigenvalue weighted by molar-refractivity contribution is -0.0235. The quantitative estimate of drug-likeness (QED) is 0.577. The molecule has 0 aromatic carbocycles. The normalized spacial score (nSPS) is 37.6. The van der Waals surface area contributed by atoms with Gasteiger partial charge in [-0.1, -0.05) is 18.6 Å². The van der Waals surface area contributed by atoms with Crippen LogP contribution in [0.3, 0.4) is 0 Å². The fourth-order valence-electron chi connectivity index (χ4n) is 8.66. The fraction of sp³-hybridized carbons (Fsp3) is 0.733. The van der Waals surface area contributed by atoms with Crippen LogP contribution in [0.1, 0.15) is 69.8 Å². The number of carbonyl (C=O) groups excluding carboxylic acids is 1. The van der Waals surface area contributed by atoms with E-state index in [4.69, 9.17) is 13.9 Å². The molecule has 7 atom stereocenters. The number of fused-ring (bicyclic) bond motifs is 5. The molecule has 37 heavy (non-hydrogen) atoms. The van der Waals surface area contributed by atoms with Gasteiger partial charge in [0.25, 0.3) is 0 Å². The third kappa shape index (κ3) is 5.01. The highest BCUT2D eigenvalue weighted by Crippen LogP contribution is 2.64. The second-order valence-electron chi connectivity index (χ2n) is 12.3. The van der Waals surface area contributed by atoms with Gasteiger partial charge in [0.15, 0.2) is 0 Å². The van der Waals surface area contributed by atoms with Gasteiger partial charge in [0.05, 0.1) is 19.5 Å². The van der Waals surface area contributed by atoms with Crippen LogP contribution in [0.4, 0.5) is 4.79 Å². The number of amides is 1. The summed E-state index contributed by atoms with van der Waals surface area (Å²) in [4.78, 5) is 26.3. The smallest absolute Gasteiger partial charge is 0.407 e. The molecule has 4 aliphatic carbocycles. The zero-order valence-electron chi connectivity index (χ0n) is 22.2. The van der Waals surface area contributed by atoms with E-state index in [1.807, 2.05) is 6.07 Å². The molecule has 4 fully saturated rings. The molecule has 3 saturated carbocycles. The van der Waals surface area contributed by atoms with Gasteiger partial charge in [0, 0.05) is 32.2 Å². The van der Waals surface area contributed by atoms with Gasteiger partial charge in [-0.3, -0.25) is 4.90 Å². The Morgan fingerprint density at radius 2 is 2.00 bits per heavy atom. The molecule has 1 aliphatic heterocycles. The summed E-state index contributed by atoms with van der Waals surface area (Å²) in [7, 11) is 0. The first-order chi connectivity index (χ1) is 18.0. The van der Waals surface area contributed by atoms with Gasteiger partial charge in [0.2, 0.25) is 0 Å². The van der Waals surface area contributed by atoms with Gasteiger partial charge in [-0.25, -0.2) is 9.59 Å². The molecule has 1 saturated heterocycles. The standard InChI is InChI=1S/C30H42N2O5/c1-30-11-10-24-23-6-4-22(37-29(34)31-12-13-32-14-16-35-17-15-32)18-20(23)2-5-25(24)27(30)8-7-26(30)21-3-9-28(33)36-19-21/h3,8-9,19-20,22-26H,2,4-7,10-18H2,1H3,(H,31,34). The summed E-state index contributed by atoms with van der Waals surface area (Å²) in [5.74, 6) is 3.28. The maximum absolute atomic E-state index is 12.5. The number of allylic oxidation sites excluding steroid dienone is 2. The van der Waals surface area contributed by atoms with Gasteiger partial charge in [-0.15, -0.1) is 0 Å². The van der Waals surface area contributed by atoms with Gasteiger partial charge in [-0.2, -0.15) is 0 Å². The van der Waals surface area contributed by atoms with E-state index < -0.39 is 0 Å². The number of morpholine rings is 1. The van der Waals surface area contributed by atoms with Gasteiger partial charge in [-0.05, 0) is 98.0 Å². The van der Waals surface area contributed by atoms with Crippen molar-refractivity contribution in [3.05, 3.63) is 46.0 Å². The first kappa shape index (κ1) is 25.2. The second kappa shape index (κ2) is 10.6. The Morgan fingerprint density at radius 3 is 2.81 bits per heavy atom. The molecular weight excluding hydrogens is 468 g/mol. The van der Waals surface area contributed by atoms with Crippen molar-refractivity contribution in [2.75, 3.05) is 39.4 Å². The molecule has 0 bridgehead atoms. The second-order valence-corrected chi connectivity index (χ2v) is 12.3. The maximum atomic E-state index is 12.5. The highest BCUT2D eigenvalue weighted by molar-refractivity contribution is 5.67. The van der Waals surface area contributed by atoms with Crippen LogP contribution < -0.4 is 10.9 Å². The van der Waals surface area contributed by atoms with Crippen molar-refractivity contribution in [2.45, 2.75) is 70.3 Å². The summed E-state index contributed by atoms with van der Waals surface area (Å²) in [5.41, 5.74) is 2.75. The van der Waals surface area contributed by atoms with E-state index in [1.54, 1.807) is 17.9 Å². The van der Waals surface area contributed by atoms with E-state index in [0.717, 1.165) is 63.9 Å². The van der Waals surface area contributed by atoms with Crippen LogP contribution >= 0.6 is 0 Å². The minimum atomic E-state index is -0.271. The maximum Gasteiger partial charge on any atom is 0.407 e.